The summed E-state index contributed by atoms with van der Waals surface area (Å²) in [6.45, 7) is 11.9. The van der Waals surface area contributed by atoms with Gasteiger partial charge < -0.3 is 0 Å². The number of nitrogens with zero attached hydrogens (tertiary/aromatic N) is 1. The first-order valence-electron chi connectivity index (χ1n) is 13.2. The molecule has 0 unspecified atom stereocenters. The zero-order valence-electron chi connectivity index (χ0n) is 20.4. The molecule has 0 saturated heterocycles. The van der Waals surface area contributed by atoms with Gasteiger partial charge in [0.15, 0.2) is 0 Å². The summed E-state index contributed by atoms with van der Waals surface area (Å²) in [6.07, 6.45) is 31.2. The van der Waals surface area contributed by atoms with Crippen molar-refractivity contribution in [3.05, 3.63) is 12.7 Å². The molecule has 1 nitrogen and oxygen atoms in total. The molecule has 0 aliphatic carbocycles. The Morgan fingerprint density at radius 2 is 0.828 bits per heavy atom. The minimum absolute atomic E-state index is 0. The largest absolute Gasteiger partial charge is 0.300 e. The van der Waals surface area contributed by atoms with Crippen molar-refractivity contribution in [2.45, 2.75) is 142 Å². The minimum Gasteiger partial charge on any atom is -0.300 e. The molecule has 0 atom stereocenters. The molecule has 0 fully saturated rings. The molecule has 0 bridgehead atoms. The molecule has 0 N–H and O–H groups in total. The van der Waals surface area contributed by atoms with Crippen molar-refractivity contribution in [2.24, 2.45) is 0 Å². The quantitative estimate of drug-likeness (QED) is 0.109. The monoisotopic (exact) mass is 429 g/mol. The zero-order chi connectivity index (χ0) is 20.5. The fourth-order valence-corrected chi connectivity index (χ4v) is 4.15. The van der Waals surface area contributed by atoms with Crippen molar-refractivity contribution < 1.29 is 0 Å². The average Bonchev–Trinajstić information content (AvgIpc) is 2.71. The second kappa shape index (κ2) is 28.0. The molecule has 29 heavy (non-hydrogen) atoms. The van der Waals surface area contributed by atoms with Crippen molar-refractivity contribution in [3.8, 4) is 0 Å². The van der Waals surface area contributed by atoms with Gasteiger partial charge >= 0.3 is 0 Å². The van der Waals surface area contributed by atoms with Gasteiger partial charge in [-0.15, -0.1) is 19.0 Å². The number of likely N-dealkylation sites (N-methyl/N-ethyl adjacent to an activating group) is 1. The molecular formula is C27H56ClN. The van der Waals surface area contributed by atoms with Crippen LogP contribution in [0.25, 0.3) is 0 Å². The Balaban J connectivity index is 0. The van der Waals surface area contributed by atoms with Gasteiger partial charge in [-0.1, -0.05) is 142 Å². The summed E-state index contributed by atoms with van der Waals surface area (Å²) in [7, 11) is 0. The van der Waals surface area contributed by atoms with Crippen molar-refractivity contribution in [3.63, 3.8) is 0 Å². The molecule has 0 aliphatic rings. The number of hydrogen-bond donors (Lipinski definition) is 0. The molecular weight excluding hydrogens is 374 g/mol. The third-order valence-corrected chi connectivity index (χ3v) is 6.16. The van der Waals surface area contributed by atoms with Gasteiger partial charge in [-0.2, -0.15) is 0 Å². The van der Waals surface area contributed by atoms with Crippen LogP contribution in [0.3, 0.4) is 0 Å². The van der Waals surface area contributed by atoms with Gasteiger partial charge in [-0.05, 0) is 19.5 Å². The van der Waals surface area contributed by atoms with E-state index in [1.54, 1.807) is 0 Å². The van der Waals surface area contributed by atoms with Crippen LogP contribution < -0.4 is 0 Å². The highest BCUT2D eigenvalue weighted by atomic mass is 35.5. The molecule has 0 radical (unpaired) electrons. The molecule has 0 saturated carbocycles. The molecule has 0 amide bonds. The maximum Gasteiger partial charge on any atom is 0.0160 e. The van der Waals surface area contributed by atoms with Gasteiger partial charge in [0, 0.05) is 6.54 Å². The van der Waals surface area contributed by atoms with E-state index < -0.39 is 0 Å². The van der Waals surface area contributed by atoms with Gasteiger partial charge in [0.2, 0.25) is 0 Å². The Morgan fingerprint density at radius 1 is 0.517 bits per heavy atom. The topological polar surface area (TPSA) is 3.24 Å². The van der Waals surface area contributed by atoms with Crippen LogP contribution in [0.1, 0.15) is 142 Å². The van der Waals surface area contributed by atoms with Crippen LogP contribution in [0.4, 0.5) is 0 Å². The Labute approximate surface area is 191 Å². The van der Waals surface area contributed by atoms with Crippen LogP contribution in [0, 0.1) is 0 Å². The van der Waals surface area contributed by atoms with Crippen LogP contribution in [0.15, 0.2) is 12.7 Å². The van der Waals surface area contributed by atoms with E-state index in [1.165, 1.54) is 135 Å². The molecule has 0 aromatic carbocycles. The smallest absolute Gasteiger partial charge is 0.0160 e. The maximum atomic E-state index is 3.84. The lowest BCUT2D eigenvalue weighted by Crippen LogP contribution is -2.24. The lowest BCUT2D eigenvalue weighted by molar-refractivity contribution is 0.309. The van der Waals surface area contributed by atoms with Gasteiger partial charge in [-0.25, -0.2) is 0 Å². The SMILES string of the molecule is C=CCN(CC)CCCCCCCCCCCCCCCCCCCCCC.Cl. The number of hydrogen-bond acceptors (Lipinski definition) is 1. The molecule has 0 spiro atoms. The Kier molecular flexibility index (Phi) is 30.1. The van der Waals surface area contributed by atoms with E-state index in [4.69, 9.17) is 0 Å². The van der Waals surface area contributed by atoms with E-state index in [1.807, 2.05) is 6.08 Å². The summed E-state index contributed by atoms with van der Waals surface area (Å²) in [5, 5.41) is 0. The second-order valence-electron chi connectivity index (χ2n) is 8.90. The molecule has 0 rings (SSSR count). The Bertz CT molecular complexity index is 292. The molecule has 0 aromatic rings. The van der Waals surface area contributed by atoms with E-state index in [9.17, 15) is 0 Å². The van der Waals surface area contributed by atoms with Crippen LogP contribution in [0.5, 0.6) is 0 Å². The first kappa shape index (κ1) is 31.2. The Hall–Kier alpha value is -0.0100. The first-order chi connectivity index (χ1) is 13.8. The molecule has 0 aromatic heterocycles. The lowest BCUT2D eigenvalue weighted by Gasteiger charge is -2.17. The third kappa shape index (κ3) is 26.0. The van der Waals surface area contributed by atoms with E-state index in [2.05, 4.69) is 25.3 Å². The van der Waals surface area contributed by atoms with E-state index in [-0.39, 0.29) is 12.4 Å². The van der Waals surface area contributed by atoms with E-state index in [0.29, 0.717) is 0 Å². The summed E-state index contributed by atoms with van der Waals surface area (Å²) < 4.78 is 0. The molecule has 0 aliphatic heterocycles. The zero-order valence-corrected chi connectivity index (χ0v) is 21.2. The van der Waals surface area contributed by atoms with Crippen LogP contribution in [-0.2, 0) is 0 Å². The van der Waals surface area contributed by atoms with Crippen molar-refractivity contribution in [1.29, 1.82) is 0 Å². The van der Waals surface area contributed by atoms with Gasteiger partial charge in [-0.3, -0.25) is 4.90 Å². The molecule has 2 heteroatoms. The van der Waals surface area contributed by atoms with E-state index >= 15 is 0 Å². The summed E-state index contributed by atoms with van der Waals surface area (Å²) in [5.41, 5.74) is 0. The normalized spacial score (nSPS) is 11.0. The van der Waals surface area contributed by atoms with Crippen LogP contribution in [-0.4, -0.2) is 24.5 Å². The number of halogens is 1. The summed E-state index contributed by atoms with van der Waals surface area (Å²) >= 11 is 0. The van der Waals surface area contributed by atoms with E-state index in [0.717, 1.165) is 13.1 Å². The third-order valence-electron chi connectivity index (χ3n) is 6.16. The van der Waals surface area contributed by atoms with Gasteiger partial charge in [0.25, 0.3) is 0 Å². The van der Waals surface area contributed by atoms with Crippen molar-refractivity contribution in [1.82, 2.24) is 4.90 Å². The highest BCUT2D eigenvalue weighted by molar-refractivity contribution is 5.85. The van der Waals surface area contributed by atoms with Gasteiger partial charge in [0.05, 0.1) is 0 Å². The van der Waals surface area contributed by atoms with Crippen LogP contribution >= 0.6 is 12.4 Å². The minimum atomic E-state index is 0. The second-order valence-corrected chi connectivity index (χ2v) is 8.90. The van der Waals surface area contributed by atoms with Crippen molar-refractivity contribution in [2.75, 3.05) is 19.6 Å². The lowest BCUT2D eigenvalue weighted by atomic mass is 10.0. The fourth-order valence-electron chi connectivity index (χ4n) is 4.15. The van der Waals surface area contributed by atoms with Crippen LogP contribution in [0.2, 0.25) is 0 Å². The van der Waals surface area contributed by atoms with Crippen molar-refractivity contribution >= 4 is 12.4 Å². The maximum absolute atomic E-state index is 3.84. The van der Waals surface area contributed by atoms with Gasteiger partial charge in [0.1, 0.15) is 0 Å². The predicted octanol–water partition coefficient (Wildman–Crippen LogP) is 9.74. The highest BCUT2D eigenvalue weighted by Gasteiger charge is 1.99. The fraction of sp³-hybridized carbons (Fsp3) is 0.926. The number of unbranched alkanes of at least 4 members (excludes halogenated alkanes) is 19. The Morgan fingerprint density at radius 3 is 1.10 bits per heavy atom. The average molecular weight is 430 g/mol. The summed E-state index contributed by atoms with van der Waals surface area (Å²) in [4.78, 5) is 2.49. The standard InChI is InChI=1S/C27H55N.ClH/c1-4-7-8-9-10-11-12-13-14-15-16-17-18-19-20-21-22-23-24-25-27-28(6-3)26-5-2;/h5H,2,4,6-27H2,1,3H3;1H. The predicted molar refractivity (Wildman–Crippen MR) is 138 cm³/mol. The number of rotatable bonds is 24. The first-order valence-corrected chi connectivity index (χ1v) is 13.2. The highest BCUT2D eigenvalue weighted by Crippen LogP contribution is 2.14. The summed E-state index contributed by atoms with van der Waals surface area (Å²) in [5.74, 6) is 0. The molecule has 176 valence electrons. The molecule has 0 heterocycles. The summed E-state index contributed by atoms with van der Waals surface area (Å²) in [6, 6.07) is 0.